The number of rotatable bonds is 5. The largest absolute Gasteiger partial charge is 0.468 e. The maximum absolute atomic E-state index is 13.8. The van der Waals surface area contributed by atoms with Crippen LogP contribution in [0.15, 0.2) is 30.3 Å². The minimum atomic E-state index is -4.77. The third kappa shape index (κ3) is 5.57. The third-order valence-electron chi connectivity index (χ3n) is 5.69. The van der Waals surface area contributed by atoms with Crippen LogP contribution in [0.5, 0.6) is 0 Å². The molecule has 2 aromatic carbocycles. The van der Waals surface area contributed by atoms with Gasteiger partial charge in [-0.2, -0.15) is 13.2 Å². The number of esters is 1. The zero-order valence-electron chi connectivity index (χ0n) is 17.6. The molecule has 2 aromatic rings. The van der Waals surface area contributed by atoms with Crippen LogP contribution in [-0.4, -0.2) is 32.1 Å². The Labute approximate surface area is 203 Å². The van der Waals surface area contributed by atoms with Gasteiger partial charge in [-0.1, -0.05) is 47.8 Å². The number of amides is 1. The molecule has 2 N–H and O–H groups in total. The number of carbonyl (C=O) groups excluding carboxylic acids is 2. The quantitative estimate of drug-likeness (QED) is 0.398. The molecule has 1 aliphatic heterocycles. The average Bonchev–Trinajstić information content (AvgIpc) is 3.17. The molecule has 0 aromatic heterocycles. The lowest BCUT2D eigenvalue weighted by Gasteiger charge is -2.25. The zero-order chi connectivity index (χ0) is 24.6. The minimum absolute atomic E-state index is 0.240. The number of hydrogen-bond donors (Lipinski definition) is 2. The van der Waals surface area contributed by atoms with E-state index in [1.807, 2.05) is 6.92 Å². The highest BCUT2D eigenvalue weighted by atomic mass is 35.5. The van der Waals surface area contributed by atoms with Gasteiger partial charge in [-0.25, -0.2) is 0 Å². The van der Waals surface area contributed by atoms with E-state index < -0.39 is 47.2 Å². The summed E-state index contributed by atoms with van der Waals surface area (Å²) in [7, 11) is 1.11. The fourth-order valence-corrected chi connectivity index (χ4v) is 4.43. The number of halogens is 6. The first-order valence-corrected chi connectivity index (χ1v) is 10.9. The van der Waals surface area contributed by atoms with Crippen LogP contribution >= 0.6 is 34.8 Å². The van der Waals surface area contributed by atoms with E-state index in [2.05, 4.69) is 15.4 Å². The normalized spacial score (nSPS) is 20.5. The van der Waals surface area contributed by atoms with E-state index >= 15 is 0 Å². The highest BCUT2D eigenvalue weighted by molar-refractivity contribution is 6.48. The summed E-state index contributed by atoms with van der Waals surface area (Å²) in [6.07, 6.45) is -4.31. The van der Waals surface area contributed by atoms with E-state index in [9.17, 15) is 22.8 Å². The van der Waals surface area contributed by atoms with Gasteiger partial charge in [-0.15, -0.1) is 0 Å². The van der Waals surface area contributed by atoms with E-state index in [1.54, 1.807) is 12.1 Å². The fraction of sp³-hybridized carbons (Fsp3) is 0.364. The summed E-state index contributed by atoms with van der Waals surface area (Å²) >= 11 is 18.3. The van der Waals surface area contributed by atoms with Gasteiger partial charge in [0.05, 0.1) is 33.3 Å². The number of ether oxygens (including phenoxy) is 1. The molecule has 0 bridgehead atoms. The Morgan fingerprint density at radius 1 is 1.18 bits per heavy atom. The maximum Gasteiger partial charge on any atom is 0.417 e. The molecule has 0 saturated carbocycles. The Morgan fingerprint density at radius 2 is 1.82 bits per heavy atom. The van der Waals surface area contributed by atoms with Gasteiger partial charge >= 0.3 is 12.1 Å². The molecular formula is C22H20Cl3F3N2O3. The second-order valence-corrected chi connectivity index (χ2v) is 9.21. The second kappa shape index (κ2) is 9.70. The van der Waals surface area contributed by atoms with Gasteiger partial charge in [0.2, 0.25) is 0 Å². The Morgan fingerprint density at radius 3 is 2.39 bits per heavy atom. The van der Waals surface area contributed by atoms with E-state index in [0.29, 0.717) is 28.6 Å². The monoisotopic (exact) mass is 522 g/mol. The average molecular weight is 524 g/mol. The van der Waals surface area contributed by atoms with Crippen LogP contribution in [0.3, 0.4) is 0 Å². The fourth-order valence-electron chi connectivity index (χ4n) is 3.83. The molecule has 5 nitrogen and oxygen atoms in total. The van der Waals surface area contributed by atoms with Gasteiger partial charge in [-0.3, -0.25) is 9.59 Å². The lowest BCUT2D eigenvalue weighted by atomic mass is 9.79. The Bertz CT molecular complexity index is 1070. The van der Waals surface area contributed by atoms with Crippen molar-refractivity contribution in [2.24, 2.45) is 0 Å². The van der Waals surface area contributed by atoms with Crippen molar-refractivity contribution >= 4 is 46.7 Å². The van der Waals surface area contributed by atoms with Crippen LogP contribution < -0.4 is 10.6 Å². The summed E-state index contributed by atoms with van der Waals surface area (Å²) in [6, 6.07) is 6.53. The third-order valence-corrected chi connectivity index (χ3v) is 6.89. The lowest BCUT2D eigenvalue weighted by Crippen LogP contribution is -2.31. The smallest absolute Gasteiger partial charge is 0.417 e. The van der Waals surface area contributed by atoms with Crippen LogP contribution in [0.4, 0.5) is 13.2 Å². The molecule has 0 radical (unpaired) electrons. The van der Waals surface area contributed by atoms with Crippen LogP contribution in [0.25, 0.3) is 0 Å². The van der Waals surface area contributed by atoms with E-state index in [1.165, 1.54) is 6.07 Å². The van der Waals surface area contributed by atoms with Gasteiger partial charge in [0, 0.05) is 18.0 Å². The molecule has 1 saturated heterocycles. The molecule has 1 fully saturated rings. The number of hydrogen-bond acceptors (Lipinski definition) is 4. The van der Waals surface area contributed by atoms with Crippen molar-refractivity contribution in [3.8, 4) is 0 Å². The number of methoxy groups -OCH3 is 1. The summed E-state index contributed by atoms with van der Waals surface area (Å²) < 4.78 is 45.6. The first-order valence-electron chi connectivity index (χ1n) is 9.80. The Kier molecular flexibility index (Phi) is 7.53. The molecule has 1 aliphatic rings. The number of alkyl halides is 3. The van der Waals surface area contributed by atoms with Crippen molar-refractivity contribution < 1.29 is 27.5 Å². The molecule has 1 amide bonds. The van der Waals surface area contributed by atoms with Crippen LogP contribution in [0.1, 0.15) is 46.4 Å². The predicted octanol–water partition coefficient (Wildman–Crippen LogP) is 5.56. The Balaban J connectivity index is 1.88. The van der Waals surface area contributed by atoms with Gasteiger partial charge in [0.1, 0.15) is 6.54 Å². The first kappa shape index (κ1) is 25.6. The molecule has 1 heterocycles. The molecule has 178 valence electrons. The summed E-state index contributed by atoms with van der Waals surface area (Å²) in [5, 5.41) is 6.21. The number of carbonyl (C=O) groups is 2. The molecule has 3 rings (SSSR count). The zero-order valence-corrected chi connectivity index (χ0v) is 19.8. The van der Waals surface area contributed by atoms with Gasteiger partial charge < -0.3 is 15.4 Å². The Hall–Kier alpha value is -2.00. The van der Waals surface area contributed by atoms with Crippen LogP contribution in [-0.2, 0) is 21.1 Å². The molecule has 2 atom stereocenters. The minimum Gasteiger partial charge on any atom is -0.468 e. The number of nitrogens with one attached hydrogen (secondary N) is 2. The molecule has 0 aliphatic carbocycles. The molecular weight excluding hydrogens is 504 g/mol. The van der Waals surface area contributed by atoms with Crippen molar-refractivity contribution in [2.45, 2.75) is 31.0 Å². The van der Waals surface area contributed by atoms with E-state index in [-0.39, 0.29) is 5.02 Å². The molecule has 0 spiro atoms. The van der Waals surface area contributed by atoms with Crippen LogP contribution in [0, 0.1) is 0 Å². The highest BCUT2D eigenvalue weighted by Crippen LogP contribution is 2.43. The van der Waals surface area contributed by atoms with Crippen molar-refractivity contribution in [1.29, 1.82) is 0 Å². The van der Waals surface area contributed by atoms with Crippen molar-refractivity contribution in [3.05, 3.63) is 67.7 Å². The highest BCUT2D eigenvalue weighted by Gasteiger charge is 2.40. The first-order chi connectivity index (χ1) is 15.4. The second-order valence-electron chi connectivity index (χ2n) is 8.01. The maximum atomic E-state index is 13.8. The summed E-state index contributed by atoms with van der Waals surface area (Å²) in [5.74, 6) is -1.79. The summed E-state index contributed by atoms with van der Waals surface area (Å²) in [4.78, 5) is 23.5. The molecule has 33 heavy (non-hydrogen) atoms. The van der Waals surface area contributed by atoms with E-state index in [0.717, 1.165) is 24.8 Å². The van der Waals surface area contributed by atoms with Gasteiger partial charge in [0.25, 0.3) is 5.91 Å². The lowest BCUT2D eigenvalue weighted by molar-refractivity contribution is -0.139. The van der Waals surface area contributed by atoms with Crippen LogP contribution in [0.2, 0.25) is 15.1 Å². The molecule has 2 unspecified atom stereocenters. The molecule has 11 heteroatoms. The SMILES string of the molecule is COC(=O)CNC(=O)c1ccc(C2CC(C)(c3cc(Cl)c(Cl)c(Cl)c3)CN2)cc1C(F)(F)F. The summed E-state index contributed by atoms with van der Waals surface area (Å²) in [5.41, 5.74) is -0.937. The topological polar surface area (TPSA) is 67.4 Å². The summed E-state index contributed by atoms with van der Waals surface area (Å²) in [6.45, 7) is 1.88. The van der Waals surface area contributed by atoms with Gasteiger partial charge in [0.15, 0.2) is 0 Å². The number of benzene rings is 2. The van der Waals surface area contributed by atoms with Crippen molar-refractivity contribution in [1.82, 2.24) is 10.6 Å². The van der Waals surface area contributed by atoms with Gasteiger partial charge in [-0.05, 0) is 41.8 Å². The van der Waals surface area contributed by atoms with Crippen molar-refractivity contribution in [3.63, 3.8) is 0 Å². The van der Waals surface area contributed by atoms with E-state index in [4.69, 9.17) is 34.8 Å². The predicted molar refractivity (Wildman–Crippen MR) is 120 cm³/mol. The standard InChI is InChI=1S/C22H20Cl3F3N2O3/c1-21(12-6-15(23)19(25)16(24)7-12)8-17(30-10-21)11-3-4-13(14(5-11)22(26,27)28)20(32)29-9-18(31)33-2/h3-7,17,30H,8-10H2,1-2H3,(H,29,32). The van der Waals surface area contributed by atoms with Crippen molar-refractivity contribution in [2.75, 3.05) is 20.2 Å².